The van der Waals surface area contributed by atoms with E-state index in [2.05, 4.69) is 10.2 Å². The van der Waals surface area contributed by atoms with Crippen LogP contribution >= 0.6 is 0 Å². The van der Waals surface area contributed by atoms with Gasteiger partial charge in [-0.3, -0.25) is 0 Å². The third-order valence-corrected chi connectivity index (χ3v) is 2.98. The third-order valence-electron chi connectivity index (χ3n) is 2.98. The topological polar surface area (TPSA) is 50.9 Å². The monoisotopic (exact) mass is 263 g/mol. The van der Waals surface area contributed by atoms with Gasteiger partial charge < -0.3 is 9.67 Å². The van der Waals surface area contributed by atoms with Gasteiger partial charge in [0.15, 0.2) is 11.6 Å². The van der Waals surface area contributed by atoms with Crippen molar-refractivity contribution in [1.29, 1.82) is 0 Å². The number of hydrogen-bond acceptors (Lipinski definition) is 3. The summed E-state index contributed by atoms with van der Waals surface area (Å²) in [5.74, 6) is 0.745. The van der Waals surface area contributed by atoms with E-state index in [0.717, 1.165) is 5.56 Å². The van der Waals surface area contributed by atoms with E-state index in [-0.39, 0.29) is 18.0 Å². The normalized spacial score (nSPS) is 11.9. The van der Waals surface area contributed by atoms with Gasteiger partial charge in [0.25, 0.3) is 0 Å². The minimum atomic E-state index is -0.311. The zero-order valence-corrected chi connectivity index (χ0v) is 11.6. The number of hydrogen-bond donors (Lipinski definition) is 1. The van der Waals surface area contributed by atoms with Crippen molar-refractivity contribution in [1.82, 2.24) is 14.8 Å². The lowest BCUT2D eigenvalue weighted by molar-refractivity contribution is 0.250. The molecular weight excluding hydrogens is 245 g/mol. The van der Waals surface area contributed by atoms with E-state index >= 15 is 0 Å². The highest BCUT2D eigenvalue weighted by Gasteiger charge is 2.24. The van der Waals surface area contributed by atoms with Gasteiger partial charge in [-0.15, -0.1) is 10.2 Å². The average Bonchev–Trinajstić information content (AvgIpc) is 2.75. The summed E-state index contributed by atoms with van der Waals surface area (Å²) in [6.45, 7) is 7.68. The van der Waals surface area contributed by atoms with Crippen molar-refractivity contribution < 1.29 is 9.50 Å². The Morgan fingerprint density at radius 2 is 1.95 bits per heavy atom. The first-order chi connectivity index (χ1) is 8.84. The maximum atomic E-state index is 13.4. The highest BCUT2D eigenvalue weighted by atomic mass is 19.1. The number of aryl methyl sites for hydroxylation is 1. The molecule has 0 saturated carbocycles. The molecule has 1 heterocycles. The van der Waals surface area contributed by atoms with Gasteiger partial charge in [-0.2, -0.15) is 0 Å². The molecule has 19 heavy (non-hydrogen) atoms. The SMILES string of the molecule is Cc1ccc(F)cc1-c1nnc(CO)n1C(C)(C)C. The predicted molar refractivity (Wildman–Crippen MR) is 71.1 cm³/mol. The van der Waals surface area contributed by atoms with Gasteiger partial charge in [0, 0.05) is 11.1 Å². The molecule has 5 heteroatoms. The molecule has 0 aliphatic rings. The zero-order valence-electron chi connectivity index (χ0n) is 11.6. The standard InChI is InChI=1S/C14H18FN3O/c1-9-5-6-10(15)7-11(9)13-17-16-12(8-19)18(13)14(2,3)4/h5-7,19H,8H2,1-4H3. The van der Waals surface area contributed by atoms with Gasteiger partial charge in [-0.05, 0) is 45.4 Å². The van der Waals surface area contributed by atoms with E-state index in [9.17, 15) is 9.50 Å². The number of nitrogens with zero attached hydrogens (tertiary/aromatic N) is 3. The summed E-state index contributed by atoms with van der Waals surface area (Å²) in [6, 6.07) is 4.58. The van der Waals surface area contributed by atoms with Crippen molar-refractivity contribution in [3.05, 3.63) is 35.4 Å². The van der Waals surface area contributed by atoms with Crippen LogP contribution < -0.4 is 0 Å². The predicted octanol–water partition coefficient (Wildman–Crippen LogP) is 2.64. The first-order valence-corrected chi connectivity index (χ1v) is 6.16. The van der Waals surface area contributed by atoms with Crippen molar-refractivity contribution in [3.63, 3.8) is 0 Å². The van der Waals surface area contributed by atoms with E-state index in [1.165, 1.54) is 12.1 Å². The first-order valence-electron chi connectivity index (χ1n) is 6.16. The molecule has 1 N–H and O–H groups in total. The molecule has 102 valence electrons. The molecule has 0 atom stereocenters. The number of aliphatic hydroxyl groups excluding tert-OH is 1. The molecule has 0 spiro atoms. The second-order valence-electron chi connectivity index (χ2n) is 5.56. The number of aromatic nitrogens is 3. The first kappa shape index (κ1) is 13.7. The lowest BCUT2D eigenvalue weighted by atomic mass is 10.0. The summed E-state index contributed by atoms with van der Waals surface area (Å²) in [5.41, 5.74) is 1.32. The molecule has 0 fully saturated rings. The molecule has 1 aromatic carbocycles. The quantitative estimate of drug-likeness (QED) is 0.906. The molecule has 4 nitrogen and oxygen atoms in total. The maximum absolute atomic E-state index is 13.4. The van der Waals surface area contributed by atoms with Crippen LogP contribution in [-0.4, -0.2) is 19.9 Å². The molecule has 2 aromatic rings. The van der Waals surface area contributed by atoms with Crippen LogP contribution in [0.2, 0.25) is 0 Å². The van der Waals surface area contributed by atoms with Crippen LogP contribution in [0, 0.1) is 12.7 Å². The van der Waals surface area contributed by atoms with Gasteiger partial charge in [0.2, 0.25) is 0 Å². The number of benzene rings is 1. The summed E-state index contributed by atoms with van der Waals surface area (Å²) in [4.78, 5) is 0. The molecule has 0 amide bonds. The molecular formula is C14H18FN3O. The molecule has 0 radical (unpaired) electrons. The van der Waals surface area contributed by atoms with E-state index in [0.29, 0.717) is 17.2 Å². The molecule has 1 aromatic heterocycles. The average molecular weight is 263 g/mol. The van der Waals surface area contributed by atoms with Gasteiger partial charge in [0.05, 0.1) is 0 Å². The fourth-order valence-electron chi connectivity index (χ4n) is 2.13. The summed E-state index contributed by atoms with van der Waals surface area (Å²) in [6.07, 6.45) is 0. The van der Waals surface area contributed by atoms with Crippen molar-refractivity contribution in [2.45, 2.75) is 39.8 Å². The van der Waals surface area contributed by atoms with Crippen molar-refractivity contribution in [3.8, 4) is 11.4 Å². The maximum Gasteiger partial charge on any atom is 0.164 e. The molecule has 0 aliphatic carbocycles. The smallest absolute Gasteiger partial charge is 0.164 e. The Morgan fingerprint density at radius 1 is 1.26 bits per heavy atom. The van der Waals surface area contributed by atoms with Crippen molar-refractivity contribution in [2.24, 2.45) is 0 Å². The van der Waals surface area contributed by atoms with E-state index < -0.39 is 0 Å². The van der Waals surface area contributed by atoms with Crippen molar-refractivity contribution >= 4 is 0 Å². The minimum Gasteiger partial charge on any atom is -0.388 e. The largest absolute Gasteiger partial charge is 0.388 e. The zero-order chi connectivity index (χ0) is 14.2. The van der Waals surface area contributed by atoms with E-state index in [1.54, 1.807) is 6.07 Å². The van der Waals surface area contributed by atoms with Crippen LogP contribution in [0.25, 0.3) is 11.4 Å². The van der Waals surface area contributed by atoms with Crippen LogP contribution in [0.3, 0.4) is 0 Å². The van der Waals surface area contributed by atoms with Crippen LogP contribution in [0.1, 0.15) is 32.2 Å². The Balaban J connectivity index is 2.69. The molecule has 0 bridgehead atoms. The third kappa shape index (κ3) is 2.51. The van der Waals surface area contributed by atoms with Crippen molar-refractivity contribution in [2.75, 3.05) is 0 Å². The Labute approximate surface area is 111 Å². The minimum absolute atomic E-state index is 0.196. The summed E-state index contributed by atoms with van der Waals surface area (Å²) >= 11 is 0. The lowest BCUT2D eigenvalue weighted by Gasteiger charge is -2.25. The van der Waals surface area contributed by atoms with Crippen LogP contribution in [0.15, 0.2) is 18.2 Å². The van der Waals surface area contributed by atoms with Gasteiger partial charge in [0.1, 0.15) is 12.4 Å². The summed E-state index contributed by atoms with van der Waals surface area (Å²) < 4.78 is 15.3. The van der Waals surface area contributed by atoms with Gasteiger partial charge >= 0.3 is 0 Å². The second-order valence-corrected chi connectivity index (χ2v) is 5.56. The summed E-state index contributed by atoms with van der Waals surface area (Å²) in [5, 5.41) is 17.5. The Hall–Kier alpha value is -1.75. The van der Waals surface area contributed by atoms with Crippen LogP contribution in [0.4, 0.5) is 4.39 Å². The number of halogens is 1. The highest BCUT2D eigenvalue weighted by molar-refractivity contribution is 5.60. The Kier molecular flexibility index (Phi) is 3.41. The Bertz CT molecular complexity index is 599. The molecule has 2 rings (SSSR count). The van der Waals surface area contributed by atoms with E-state index in [4.69, 9.17) is 0 Å². The summed E-state index contributed by atoms with van der Waals surface area (Å²) in [7, 11) is 0. The van der Waals surface area contributed by atoms with Gasteiger partial charge in [-0.1, -0.05) is 6.07 Å². The number of rotatable bonds is 2. The molecule has 0 aliphatic heterocycles. The fraction of sp³-hybridized carbons (Fsp3) is 0.429. The molecule has 0 saturated heterocycles. The number of aliphatic hydroxyl groups is 1. The van der Waals surface area contributed by atoms with Crippen LogP contribution in [-0.2, 0) is 12.1 Å². The van der Waals surface area contributed by atoms with Gasteiger partial charge in [-0.25, -0.2) is 4.39 Å². The fourth-order valence-corrected chi connectivity index (χ4v) is 2.13. The van der Waals surface area contributed by atoms with E-state index in [1.807, 2.05) is 32.3 Å². The second kappa shape index (κ2) is 4.74. The van der Waals surface area contributed by atoms with Crippen LogP contribution in [0.5, 0.6) is 0 Å². The Morgan fingerprint density at radius 3 is 2.53 bits per heavy atom. The molecule has 0 unspecified atom stereocenters. The lowest BCUT2D eigenvalue weighted by Crippen LogP contribution is -2.25. The highest BCUT2D eigenvalue weighted by Crippen LogP contribution is 2.28.